The molecule has 0 bridgehead atoms. The summed E-state index contributed by atoms with van der Waals surface area (Å²) >= 11 is 1.33. The summed E-state index contributed by atoms with van der Waals surface area (Å²) in [4.78, 5) is 15.8. The van der Waals surface area contributed by atoms with E-state index in [4.69, 9.17) is 9.47 Å². The Hall–Kier alpha value is -2.08. The molecular weight excluding hydrogens is 266 g/mol. The van der Waals surface area contributed by atoms with Crippen molar-refractivity contribution < 1.29 is 19.4 Å². The number of carbonyl (C=O) groups is 1. The van der Waals surface area contributed by atoms with E-state index in [2.05, 4.69) is 4.98 Å². The van der Waals surface area contributed by atoms with Crippen molar-refractivity contribution in [2.24, 2.45) is 0 Å². The van der Waals surface area contributed by atoms with Crippen molar-refractivity contribution in [3.63, 3.8) is 0 Å². The number of rotatable bonds is 4. The highest BCUT2D eigenvalue weighted by Crippen LogP contribution is 2.35. The topological polar surface area (TPSA) is 68.7 Å². The lowest BCUT2D eigenvalue weighted by molar-refractivity contribution is 0.0692. The first-order chi connectivity index (χ1) is 9.05. The SMILES string of the molecule is COc1cc(OC)cc(-c2sc(C)nc2C(=O)O)c1. The molecule has 1 heterocycles. The van der Waals surface area contributed by atoms with Crippen LogP contribution in [0.25, 0.3) is 10.4 Å². The minimum absolute atomic E-state index is 0.0535. The summed E-state index contributed by atoms with van der Waals surface area (Å²) in [6.07, 6.45) is 0. The first kappa shape index (κ1) is 13.4. The molecule has 1 aromatic carbocycles. The van der Waals surface area contributed by atoms with E-state index in [1.54, 1.807) is 39.3 Å². The van der Waals surface area contributed by atoms with Crippen LogP contribution >= 0.6 is 11.3 Å². The zero-order chi connectivity index (χ0) is 14.0. The van der Waals surface area contributed by atoms with Gasteiger partial charge in [0.05, 0.1) is 24.1 Å². The van der Waals surface area contributed by atoms with Crippen LogP contribution < -0.4 is 9.47 Å². The quantitative estimate of drug-likeness (QED) is 0.932. The Morgan fingerprint density at radius 2 is 1.79 bits per heavy atom. The van der Waals surface area contributed by atoms with Crippen molar-refractivity contribution in [2.75, 3.05) is 14.2 Å². The van der Waals surface area contributed by atoms with Crippen LogP contribution in [0.1, 0.15) is 15.5 Å². The summed E-state index contributed by atoms with van der Waals surface area (Å²) in [5, 5.41) is 9.88. The minimum Gasteiger partial charge on any atom is -0.497 e. The van der Waals surface area contributed by atoms with Gasteiger partial charge in [-0.25, -0.2) is 9.78 Å². The van der Waals surface area contributed by atoms with Gasteiger partial charge in [0.2, 0.25) is 0 Å². The van der Waals surface area contributed by atoms with Gasteiger partial charge in [-0.05, 0) is 19.1 Å². The van der Waals surface area contributed by atoms with Crippen LogP contribution in [0.5, 0.6) is 11.5 Å². The van der Waals surface area contributed by atoms with Crippen LogP contribution in [0.15, 0.2) is 18.2 Å². The summed E-state index contributed by atoms with van der Waals surface area (Å²) in [6, 6.07) is 5.27. The lowest BCUT2D eigenvalue weighted by Crippen LogP contribution is -1.99. The first-order valence-electron chi connectivity index (χ1n) is 5.49. The maximum atomic E-state index is 11.2. The van der Waals surface area contributed by atoms with E-state index < -0.39 is 5.97 Å². The molecule has 0 aliphatic heterocycles. The van der Waals surface area contributed by atoms with Gasteiger partial charge in [0.25, 0.3) is 0 Å². The Balaban J connectivity index is 2.60. The average molecular weight is 279 g/mol. The molecule has 1 aromatic heterocycles. The van der Waals surface area contributed by atoms with Crippen LogP contribution in [-0.4, -0.2) is 30.3 Å². The molecule has 0 aliphatic carbocycles. The van der Waals surface area contributed by atoms with Gasteiger partial charge in [0.1, 0.15) is 11.5 Å². The number of nitrogens with zero attached hydrogens (tertiary/aromatic N) is 1. The number of methoxy groups -OCH3 is 2. The Bertz CT molecular complexity index is 599. The van der Waals surface area contributed by atoms with E-state index in [0.29, 0.717) is 21.4 Å². The van der Waals surface area contributed by atoms with Crippen LogP contribution in [0, 0.1) is 6.92 Å². The summed E-state index contributed by atoms with van der Waals surface area (Å²) in [5.41, 5.74) is 0.775. The van der Waals surface area contributed by atoms with E-state index in [9.17, 15) is 9.90 Å². The van der Waals surface area contributed by atoms with Gasteiger partial charge in [-0.1, -0.05) is 0 Å². The Morgan fingerprint density at radius 3 is 2.26 bits per heavy atom. The van der Waals surface area contributed by atoms with Gasteiger partial charge in [-0.2, -0.15) is 0 Å². The zero-order valence-corrected chi connectivity index (χ0v) is 11.6. The molecule has 1 N–H and O–H groups in total. The molecule has 0 amide bonds. The summed E-state index contributed by atoms with van der Waals surface area (Å²) in [7, 11) is 3.10. The smallest absolute Gasteiger partial charge is 0.356 e. The lowest BCUT2D eigenvalue weighted by atomic mass is 10.1. The summed E-state index contributed by atoms with van der Waals surface area (Å²) in [6.45, 7) is 1.78. The number of thiazole rings is 1. The highest BCUT2D eigenvalue weighted by molar-refractivity contribution is 7.15. The number of benzene rings is 1. The molecule has 2 rings (SSSR count). The van der Waals surface area contributed by atoms with Crippen LogP contribution in [0.4, 0.5) is 0 Å². The van der Waals surface area contributed by atoms with E-state index in [0.717, 1.165) is 5.56 Å². The molecule has 6 heteroatoms. The van der Waals surface area contributed by atoms with Gasteiger partial charge in [-0.3, -0.25) is 0 Å². The molecule has 2 aromatic rings. The monoisotopic (exact) mass is 279 g/mol. The first-order valence-corrected chi connectivity index (χ1v) is 6.31. The van der Waals surface area contributed by atoms with Crippen LogP contribution in [0.2, 0.25) is 0 Å². The van der Waals surface area contributed by atoms with Crippen molar-refractivity contribution in [3.8, 4) is 21.9 Å². The zero-order valence-electron chi connectivity index (χ0n) is 10.8. The third-order valence-electron chi connectivity index (χ3n) is 2.55. The highest BCUT2D eigenvalue weighted by Gasteiger charge is 2.18. The van der Waals surface area contributed by atoms with Crippen LogP contribution in [-0.2, 0) is 0 Å². The molecule has 0 radical (unpaired) electrons. The summed E-state index contributed by atoms with van der Waals surface area (Å²) in [5.74, 6) is 0.176. The molecule has 0 spiro atoms. The normalized spacial score (nSPS) is 10.3. The molecule has 0 aliphatic rings. The number of aromatic nitrogens is 1. The Morgan fingerprint density at radius 1 is 1.21 bits per heavy atom. The number of ether oxygens (including phenoxy) is 2. The van der Waals surface area contributed by atoms with Gasteiger partial charge < -0.3 is 14.6 Å². The molecule has 0 unspecified atom stereocenters. The fourth-order valence-corrected chi connectivity index (χ4v) is 2.60. The van der Waals surface area contributed by atoms with E-state index in [1.807, 2.05) is 0 Å². The minimum atomic E-state index is -1.04. The second kappa shape index (κ2) is 5.27. The maximum Gasteiger partial charge on any atom is 0.356 e. The van der Waals surface area contributed by atoms with Gasteiger partial charge in [0.15, 0.2) is 5.69 Å². The van der Waals surface area contributed by atoms with E-state index in [-0.39, 0.29) is 5.69 Å². The van der Waals surface area contributed by atoms with Crippen molar-refractivity contribution >= 4 is 17.3 Å². The van der Waals surface area contributed by atoms with Crippen molar-refractivity contribution in [1.82, 2.24) is 4.98 Å². The van der Waals surface area contributed by atoms with E-state index >= 15 is 0 Å². The van der Waals surface area contributed by atoms with Crippen LogP contribution in [0.3, 0.4) is 0 Å². The molecule has 19 heavy (non-hydrogen) atoms. The lowest BCUT2D eigenvalue weighted by Gasteiger charge is -2.07. The third-order valence-corrected chi connectivity index (χ3v) is 3.57. The molecular formula is C13H13NO4S. The largest absolute Gasteiger partial charge is 0.497 e. The Labute approximate surface area is 114 Å². The number of aromatic carboxylic acids is 1. The second-order valence-electron chi connectivity index (χ2n) is 3.82. The fourth-order valence-electron chi connectivity index (χ4n) is 1.71. The van der Waals surface area contributed by atoms with E-state index in [1.165, 1.54) is 11.3 Å². The molecule has 5 nitrogen and oxygen atoms in total. The molecule has 0 saturated heterocycles. The van der Waals surface area contributed by atoms with Gasteiger partial charge in [0, 0.05) is 11.6 Å². The summed E-state index contributed by atoms with van der Waals surface area (Å²) < 4.78 is 10.4. The molecule has 0 atom stereocenters. The van der Waals surface area contributed by atoms with Gasteiger partial charge >= 0.3 is 5.97 Å². The van der Waals surface area contributed by atoms with Crippen molar-refractivity contribution in [3.05, 3.63) is 28.9 Å². The predicted molar refractivity (Wildman–Crippen MR) is 72.4 cm³/mol. The third kappa shape index (κ3) is 2.68. The highest BCUT2D eigenvalue weighted by atomic mass is 32.1. The predicted octanol–water partition coefficient (Wildman–Crippen LogP) is 2.83. The van der Waals surface area contributed by atoms with Gasteiger partial charge in [-0.15, -0.1) is 11.3 Å². The Kier molecular flexibility index (Phi) is 3.71. The number of carboxylic acids is 1. The number of hydrogen-bond donors (Lipinski definition) is 1. The molecule has 100 valence electrons. The van der Waals surface area contributed by atoms with Crippen molar-refractivity contribution in [1.29, 1.82) is 0 Å². The average Bonchev–Trinajstić information content (AvgIpc) is 2.80. The van der Waals surface area contributed by atoms with Crippen molar-refractivity contribution in [2.45, 2.75) is 6.92 Å². The maximum absolute atomic E-state index is 11.2. The number of carboxylic acid groups (broad SMARTS) is 1. The standard InChI is InChI=1S/C13H13NO4S/c1-7-14-11(13(15)16)12(19-7)8-4-9(17-2)6-10(5-8)18-3/h4-6H,1-3H3,(H,15,16). The number of hydrogen-bond acceptors (Lipinski definition) is 5. The molecule has 0 saturated carbocycles. The molecule has 0 fully saturated rings. The second-order valence-corrected chi connectivity index (χ2v) is 5.02. The fraction of sp³-hybridized carbons (Fsp3) is 0.231. The number of aryl methyl sites for hydroxylation is 1.